The van der Waals surface area contributed by atoms with Crippen LogP contribution < -0.4 is 0 Å². The fourth-order valence-electron chi connectivity index (χ4n) is 1.76. The van der Waals surface area contributed by atoms with Crippen LogP contribution in [0.15, 0.2) is 50.3 Å². The largest absolute Gasteiger partial charge is 0.498 e. The lowest BCUT2D eigenvalue weighted by atomic mass is 9.84. The highest BCUT2D eigenvalue weighted by atomic mass is 16.6. The summed E-state index contributed by atoms with van der Waals surface area (Å²) < 4.78 is 15.9. The van der Waals surface area contributed by atoms with Gasteiger partial charge >= 0.3 is 11.9 Å². The van der Waals surface area contributed by atoms with Crippen molar-refractivity contribution in [3.8, 4) is 0 Å². The van der Waals surface area contributed by atoms with Crippen molar-refractivity contribution in [3.63, 3.8) is 0 Å². The van der Waals surface area contributed by atoms with Crippen molar-refractivity contribution in [2.75, 3.05) is 19.8 Å². The molecular weight excluding hydrogens is 324 g/mol. The van der Waals surface area contributed by atoms with Crippen molar-refractivity contribution in [1.82, 2.24) is 0 Å². The Morgan fingerprint density at radius 3 is 1.76 bits per heavy atom. The average molecular weight is 350 g/mol. The van der Waals surface area contributed by atoms with Crippen LogP contribution in [0.1, 0.15) is 26.2 Å². The normalized spacial score (nSPS) is 10.3. The van der Waals surface area contributed by atoms with Crippen LogP contribution >= 0.6 is 0 Å². The highest BCUT2D eigenvalue weighted by Crippen LogP contribution is 2.28. The van der Waals surface area contributed by atoms with E-state index in [4.69, 9.17) is 14.2 Å². The Bertz CT molecular complexity index is 472. The van der Waals surface area contributed by atoms with Crippen molar-refractivity contribution in [3.05, 3.63) is 50.3 Å². The second kappa shape index (κ2) is 11.8. The summed E-state index contributed by atoms with van der Waals surface area (Å²) in [5.74, 6) is -0.888. The molecule has 0 spiro atoms. The molecule has 0 saturated carbocycles. The second-order valence-electron chi connectivity index (χ2n) is 5.48. The number of esters is 2. The van der Waals surface area contributed by atoms with E-state index in [0.29, 0.717) is 12.2 Å². The van der Waals surface area contributed by atoms with Gasteiger partial charge in [-0.25, -0.2) is 9.59 Å². The van der Waals surface area contributed by atoms with Crippen molar-refractivity contribution >= 4 is 17.7 Å². The first-order valence-electron chi connectivity index (χ1n) is 7.86. The number of allylic oxidation sites excluding steroid dienone is 2. The first-order valence-corrected chi connectivity index (χ1v) is 7.86. The lowest BCUT2D eigenvalue weighted by Crippen LogP contribution is -2.39. The molecule has 25 heavy (non-hydrogen) atoms. The highest BCUT2D eigenvalue weighted by molar-refractivity contribution is 5.89. The van der Waals surface area contributed by atoms with Crippen molar-refractivity contribution < 1.29 is 28.6 Å². The fourth-order valence-corrected chi connectivity index (χ4v) is 1.76. The van der Waals surface area contributed by atoms with E-state index in [9.17, 15) is 14.4 Å². The SMILES string of the molecule is C=CC(=O)CCC(COC(=C)CC)(COC(=O)C=C)COC(=O)C=C. The Hall–Kier alpha value is -2.63. The minimum atomic E-state index is -0.909. The maximum atomic E-state index is 11.6. The van der Waals surface area contributed by atoms with Gasteiger partial charge in [-0.2, -0.15) is 0 Å². The molecule has 0 aromatic heterocycles. The summed E-state index contributed by atoms with van der Waals surface area (Å²) in [6.45, 7) is 15.6. The fraction of sp³-hybridized carbons (Fsp3) is 0.421. The predicted octanol–water partition coefficient (Wildman–Crippen LogP) is 2.91. The number of carbonyl (C=O) groups excluding carboxylic acids is 3. The van der Waals surface area contributed by atoms with Gasteiger partial charge in [-0.1, -0.05) is 33.2 Å². The maximum Gasteiger partial charge on any atom is 0.330 e. The summed E-state index contributed by atoms with van der Waals surface area (Å²) in [5.41, 5.74) is -0.909. The topological polar surface area (TPSA) is 78.9 Å². The first kappa shape index (κ1) is 22.4. The minimum Gasteiger partial charge on any atom is -0.498 e. The molecule has 6 heteroatoms. The van der Waals surface area contributed by atoms with Crippen molar-refractivity contribution in [1.29, 1.82) is 0 Å². The molecule has 0 aliphatic heterocycles. The molecule has 0 N–H and O–H groups in total. The van der Waals surface area contributed by atoms with E-state index >= 15 is 0 Å². The van der Waals surface area contributed by atoms with Crippen molar-refractivity contribution in [2.24, 2.45) is 5.41 Å². The first-order chi connectivity index (χ1) is 11.8. The standard InChI is InChI=1S/C19H26O6/c1-6-15(5)23-12-19(11-10-16(20)7-2,13-24-17(21)8-3)14-25-18(22)9-4/h7-9H,2-6,10-14H2,1H3. The number of carbonyl (C=O) groups is 3. The van der Waals surface area contributed by atoms with Gasteiger partial charge in [0.05, 0.1) is 17.8 Å². The molecule has 0 aromatic carbocycles. The van der Waals surface area contributed by atoms with Gasteiger partial charge in [-0.15, -0.1) is 0 Å². The molecule has 6 nitrogen and oxygen atoms in total. The van der Waals surface area contributed by atoms with Crippen LogP contribution in [-0.2, 0) is 28.6 Å². The zero-order valence-corrected chi connectivity index (χ0v) is 14.8. The van der Waals surface area contributed by atoms with Gasteiger partial charge < -0.3 is 14.2 Å². The third kappa shape index (κ3) is 9.30. The molecule has 0 atom stereocenters. The molecule has 0 fully saturated rings. The Labute approximate surface area is 148 Å². The zero-order chi connectivity index (χ0) is 19.3. The van der Waals surface area contributed by atoms with E-state index in [1.54, 1.807) is 0 Å². The number of ketones is 1. The Morgan fingerprint density at radius 1 is 0.880 bits per heavy atom. The summed E-state index contributed by atoms with van der Waals surface area (Å²) in [5, 5.41) is 0. The van der Waals surface area contributed by atoms with Gasteiger partial charge in [0.25, 0.3) is 0 Å². The molecular formula is C19H26O6. The summed E-state index contributed by atoms with van der Waals surface area (Å²) in [4.78, 5) is 34.5. The van der Waals surface area contributed by atoms with E-state index in [2.05, 4.69) is 26.3 Å². The van der Waals surface area contributed by atoms with E-state index in [1.165, 1.54) is 6.08 Å². The molecule has 138 valence electrons. The average Bonchev–Trinajstić information content (AvgIpc) is 2.65. The van der Waals surface area contributed by atoms with E-state index in [0.717, 1.165) is 12.2 Å². The highest BCUT2D eigenvalue weighted by Gasteiger charge is 2.35. The summed E-state index contributed by atoms with van der Waals surface area (Å²) in [7, 11) is 0. The number of rotatable bonds is 14. The number of hydrogen-bond acceptors (Lipinski definition) is 6. The van der Waals surface area contributed by atoms with Gasteiger partial charge in [0.2, 0.25) is 0 Å². The summed E-state index contributed by atoms with van der Waals surface area (Å²) in [6, 6.07) is 0. The molecule has 0 amide bonds. The van der Waals surface area contributed by atoms with Crippen LogP contribution in [0.25, 0.3) is 0 Å². The molecule has 0 aliphatic carbocycles. The molecule has 0 saturated heterocycles. The van der Waals surface area contributed by atoms with Crippen LogP contribution in [0.5, 0.6) is 0 Å². The monoisotopic (exact) mass is 350 g/mol. The van der Waals surface area contributed by atoms with E-state index in [-0.39, 0.29) is 38.4 Å². The van der Waals surface area contributed by atoms with Crippen LogP contribution in [0.4, 0.5) is 0 Å². The quantitative estimate of drug-likeness (QED) is 0.272. The Kier molecular flexibility index (Phi) is 10.6. The van der Waals surface area contributed by atoms with Crippen LogP contribution in [0, 0.1) is 5.41 Å². The molecule has 0 rings (SSSR count). The van der Waals surface area contributed by atoms with Gasteiger partial charge in [0.15, 0.2) is 5.78 Å². The smallest absolute Gasteiger partial charge is 0.330 e. The van der Waals surface area contributed by atoms with Gasteiger partial charge in [0.1, 0.15) is 13.2 Å². The number of ether oxygens (including phenoxy) is 3. The summed E-state index contributed by atoms with van der Waals surface area (Å²) >= 11 is 0. The Morgan fingerprint density at radius 2 is 1.36 bits per heavy atom. The van der Waals surface area contributed by atoms with Crippen LogP contribution in [0.3, 0.4) is 0 Å². The van der Waals surface area contributed by atoms with Crippen molar-refractivity contribution in [2.45, 2.75) is 26.2 Å². The van der Waals surface area contributed by atoms with E-state index < -0.39 is 17.4 Å². The maximum absolute atomic E-state index is 11.6. The summed E-state index contributed by atoms with van der Waals surface area (Å²) in [6.07, 6.45) is 4.28. The molecule has 0 unspecified atom stereocenters. The minimum absolute atomic E-state index is 0.0684. The number of hydrogen-bond donors (Lipinski definition) is 0. The molecule has 0 aromatic rings. The third-order valence-electron chi connectivity index (χ3n) is 3.48. The molecule has 0 heterocycles. The molecule has 0 aliphatic rings. The molecule has 0 radical (unpaired) electrons. The lowest BCUT2D eigenvalue weighted by molar-refractivity contribution is -0.151. The second-order valence-corrected chi connectivity index (χ2v) is 5.48. The van der Waals surface area contributed by atoms with Gasteiger partial charge in [-0.05, 0) is 12.5 Å². The lowest BCUT2D eigenvalue weighted by Gasteiger charge is -2.32. The van der Waals surface area contributed by atoms with E-state index in [1.807, 2.05) is 6.92 Å². The van der Waals surface area contributed by atoms with Gasteiger partial charge in [0, 0.05) is 25.0 Å². The van der Waals surface area contributed by atoms with Crippen LogP contribution in [-0.4, -0.2) is 37.5 Å². The van der Waals surface area contributed by atoms with Gasteiger partial charge in [-0.3, -0.25) is 4.79 Å². The predicted molar refractivity (Wildman–Crippen MR) is 94.6 cm³/mol. The Balaban J connectivity index is 5.33. The van der Waals surface area contributed by atoms with Crippen LogP contribution in [0.2, 0.25) is 0 Å². The zero-order valence-electron chi connectivity index (χ0n) is 14.8. The molecule has 0 bridgehead atoms. The third-order valence-corrected chi connectivity index (χ3v) is 3.48.